The molecule has 102 valence electrons. The van der Waals surface area contributed by atoms with Crippen molar-refractivity contribution < 1.29 is 14.7 Å². The lowest BCUT2D eigenvalue weighted by atomic mass is 10.2. The van der Waals surface area contributed by atoms with Crippen molar-refractivity contribution in [3.63, 3.8) is 0 Å². The molecule has 0 fully saturated rings. The van der Waals surface area contributed by atoms with Gasteiger partial charge in [0.25, 0.3) is 5.91 Å². The Morgan fingerprint density at radius 2 is 1.90 bits per heavy atom. The molecule has 0 atom stereocenters. The SMILES string of the molecule is O=C(Nc1cc(Cl)ccc1Cl)c1ccnc(C(=O)O)c1. The first-order valence-electron chi connectivity index (χ1n) is 5.43. The summed E-state index contributed by atoms with van der Waals surface area (Å²) >= 11 is 11.7. The summed E-state index contributed by atoms with van der Waals surface area (Å²) in [6.07, 6.45) is 1.25. The van der Waals surface area contributed by atoms with Gasteiger partial charge in [-0.3, -0.25) is 4.79 Å². The van der Waals surface area contributed by atoms with Crippen LogP contribution in [0.25, 0.3) is 0 Å². The van der Waals surface area contributed by atoms with Crippen LogP contribution in [0.5, 0.6) is 0 Å². The molecule has 0 unspecified atom stereocenters. The molecule has 0 saturated carbocycles. The number of carboxylic acids is 1. The summed E-state index contributed by atoms with van der Waals surface area (Å²) < 4.78 is 0. The minimum Gasteiger partial charge on any atom is -0.477 e. The van der Waals surface area contributed by atoms with E-state index in [4.69, 9.17) is 28.3 Å². The molecule has 2 N–H and O–H groups in total. The van der Waals surface area contributed by atoms with E-state index >= 15 is 0 Å². The Balaban J connectivity index is 2.26. The van der Waals surface area contributed by atoms with E-state index in [2.05, 4.69) is 10.3 Å². The Morgan fingerprint density at radius 3 is 2.60 bits per heavy atom. The minimum atomic E-state index is -1.21. The molecule has 1 amide bonds. The largest absolute Gasteiger partial charge is 0.477 e. The van der Waals surface area contributed by atoms with Crippen LogP contribution in [0.4, 0.5) is 5.69 Å². The van der Waals surface area contributed by atoms with Crippen LogP contribution >= 0.6 is 23.2 Å². The fourth-order valence-corrected chi connectivity index (χ4v) is 1.81. The molecule has 20 heavy (non-hydrogen) atoms. The highest BCUT2D eigenvalue weighted by Gasteiger charge is 2.12. The number of pyridine rings is 1. The number of hydrogen-bond donors (Lipinski definition) is 2. The molecule has 7 heteroatoms. The standard InChI is InChI=1S/C13H8Cl2N2O3/c14-8-1-2-9(15)10(6-8)17-12(18)7-3-4-16-11(5-7)13(19)20/h1-6H,(H,17,18)(H,19,20). The lowest BCUT2D eigenvalue weighted by Gasteiger charge is -2.08. The number of benzene rings is 1. The van der Waals surface area contributed by atoms with Gasteiger partial charge < -0.3 is 10.4 Å². The summed E-state index contributed by atoms with van der Waals surface area (Å²) in [6.45, 7) is 0. The Kier molecular flexibility index (Phi) is 4.22. The maximum absolute atomic E-state index is 12.0. The third kappa shape index (κ3) is 3.26. The summed E-state index contributed by atoms with van der Waals surface area (Å²) in [6, 6.07) is 7.22. The predicted octanol–water partition coefficient (Wildman–Crippen LogP) is 3.34. The second-order valence-corrected chi connectivity index (χ2v) is 4.66. The predicted molar refractivity (Wildman–Crippen MR) is 75.6 cm³/mol. The van der Waals surface area contributed by atoms with Gasteiger partial charge in [0.1, 0.15) is 5.69 Å². The van der Waals surface area contributed by atoms with Crippen molar-refractivity contribution in [3.05, 3.63) is 57.8 Å². The molecule has 0 bridgehead atoms. The zero-order chi connectivity index (χ0) is 14.7. The van der Waals surface area contributed by atoms with Crippen molar-refractivity contribution in [3.8, 4) is 0 Å². The van der Waals surface area contributed by atoms with Gasteiger partial charge >= 0.3 is 5.97 Å². The number of halogens is 2. The lowest BCUT2D eigenvalue weighted by molar-refractivity contribution is 0.0690. The average Bonchev–Trinajstić information content (AvgIpc) is 2.43. The van der Waals surface area contributed by atoms with Gasteiger partial charge in [0.15, 0.2) is 0 Å². The van der Waals surface area contributed by atoms with Gasteiger partial charge in [0.2, 0.25) is 0 Å². The number of aromatic carboxylic acids is 1. The maximum Gasteiger partial charge on any atom is 0.354 e. The van der Waals surface area contributed by atoms with E-state index in [9.17, 15) is 9.59 Å². The molecule has 1 aromatic carbocycles. The zero-order valence-electron chi connectivity index (χ0n) is 9.93. The highest BCUT2D eigenvalue weighted by molar-refractivity contribution is 6.35. The van der Waals surface area contributed by atoms with E-state index in [0.29, 0.717) is 15.7 Å². The first-order chi connectivity index (χ1) is 9.47. The van der Waals surface area contributed by atoms with Crippen molar-refractivity contribution in [1.82, 2.24) is 4.98 Å². The maximum atomic E-state index is 12.0. The number of amides is 1. The van der Waals surface area contributed by atoms with Crippen molar-refractivity contribution in [1.29, 1.82) is 0 Å². The van der Waals surface area contributed by atoms with Crippen molar-refractivity contribution >= 4 is 40.8 Å². The van der Waals surface area contributed by atoms with Crippen LogP contribution in [0, 0.1) is 0 Å². The van der Waals surface area contributed by atoms with Crippen LogP contribution in [-0.4, -0.2) is 22.0 Å². The zero-order valence-corrected chi connectivity index (χ0v) is 11.4. The van der Waals surface area contributed by atoms with E-state index < -0.39 is 11.9 Å². The van der Waals surface area contributed by atoms with Gasteiger partial charge in [-0.05, 0) is 30.3 Å². The Labute approximate surface area is 124 Å². The smallest absolute Gasteiger partial charge is 0.354 e. The quantitative estimate of drug-likeness (QED) is 0.911. The number of hydrogen-bond acceptors (Lipinski definition) is 3. The van der Waals surface area contributed by atoms with Crippen LogP contribution < -0.4 is 5.32 Å². The van der Waals surface area contributed by atoms with Gasteiger partial charge in [0.05, 0.1) is 10.7 Å². The molecule has 1 heterocycles. The normalized spacial score (nSPS) is 10.1. The molecular formula is C13H8Cl2N2O3. The molecular weight excluding hydrogens is 303 g/mol. The number of anilines is 1. The average molecular weight is 311 g/mol. The third-order valence-corrected chi connectivity index (χ3v) is 2.98. The molecule has 0 radical (unpaired) electrons. The monoisotopic (exact) mass is 310 g/mol. The van der Waals surface area contributed by atoms with Crippen molar-refractivity contribution in [2.24, 2.45) is 0 Å². The van der Waals surface area contributed by atoms with Gasteiger partial charge in [-0.15, -0.1) is 0 Å². The summed E-state index contributed by atoms with van der Waals surface area (Å²) in [5.41, 5.74) is 0.293. The summed E-state index contributed by atoms with van der Waals surface area (Å²) in [7, 11) is 0. The van der Waals surface area contributed by atoms with Gasteiger partial charge in [-0.2, -0.15) is 0 Å². The lowest BCUT2D eigenvalue weighted by Crippen LogP contribution is -2.13. The highest BCUT2D eigenvalue weighted by atomic mass is 35.5. The molecule has 0 aliphatic rings. The van der Waals surface area contributed by atoms with E-state index in [-0.39, 0.29) is 11.3 Å². The topological polar surface area (TPSA) is 79.3 Å². The van der Waals surface area contributed by atoms with E-state index in [1.165, 1.54) is 24.4 Å². The van der Waals surface area contributed by atoms with E-state index in [1.54, 1.807) is 12.1 Å². The summed E-state index contributed by atoms with van der Waals surface area (Å²) in [5, 5.41) is 12.1. The van der Waals surface area contributed by atoms with Crippen molar-refractivity contribution in [2.75, 3.05) is 5.32 Å². The number of carboxylic acid groups (broad SMARTS) is 1. The van der Waals surface area contributed by atoms with E-state index in [1.807, 2.05) is 0 Å². The molecule has 1 aromatic heterocycles. The molecule has 0 aliphatic heterocycles. The first kappa shape index (κ1) is 14.3. The third-order valence-electron chi connectivity index (χ3n) is 2.42. The summed E-state index contributed by atoms with van der Waals surface area (Å²) in [5.74, 6) is -1.71. The fourth-order valence-electron chi connectivity index (χ4n) is 1.48. The molecule has 0 spiro atoms. The molecule has 2 rings (SSSR count). The second-order valence-electron chi connectivity index (χ2n) is 3.81. The number of carbonyl (C=O) groups is 2. The Hall–Kier alpha value is -2.11. The fraction of sp³-hybridized carbons (Fsp3) is 0. The Bertz CT molecular complexity index is 689. The number of carbonyl (C=O) groups excluding carboxylic acids is 1. The van der Waals surface area contributed by atoms with Crippen LogP contribution in [-0.2, 0) is 0 Å². The van der Waals surface area contributed by atoms with Gasteiger partial charge in [-0.1, -0.05) is 23.2 Å². The Morgan fingerprint density at radius 1 is 1.15 bits per heavy atom. The van der Waals surface area contributed by atoms with Crippen LogP contribution in [0.3, 0.4) is 0 Å². The molecule has 5 nitrogen and oxygen atoms in total. The minimum absolute atomic E-state index is 0.161. The van der Waals surface area contributed by atoms with Crippen molar-refractivity contribution in [2.45, 2.75) is 0 Å². The molecule has 0 saturated heterocycles. The van der Waals surface area contributed by atoms with Crippen LogP contribution in [0.2, 0.25) is 10.0 Å². The molecule has 0 aliphatic carbocycles. The van der Waals surface area contributed by atoms with Crippen LogP contribution in [0.15, 0.2) is 36.5 Å². The second kappa shape index (κ2) is 5.90. The highest BCUT2D eigenvalue weighted by Crippen LogP contribution is 2.25. The summed E-state index contributed by atoms with van der Waals surface area (Å²) in [4.78, 5) is 26.5. The first-order valence-corrected chi connectivity index (χ1v) is 6.18. The van der Waals surface area contributed by atoms with Crippen LogP contribution in [0.1, 0.15) is 20.8 Å². The van der Waals surface area contributed by atoms with Gasteiger partial charge in [-0.25, -0.2) is 9.78 Å². The number of rotatable bonds is 3. The molecule has 2 aromatic rings. The van der Waals surface area contributed by atoms with E-state index in [0.717, 1.165) is 0 Å². The number of aromatic nitrogens is 1. The van der Waals surface area contributed by atoms with Gasteiger partial charge in [0, 0.05) is 16.8 Å². The number of nitrogens with one attached hydrogen (secondary N) is 1. The number of nitrogens with zero attached hydrogens (tertiary/aromatic N) is 1.